The number of ether oxygens (including phenoxy) is 1. The highest BCUT2D eigenvalue weighted by Crippen LogP contribution is 2.16. The van der Waals surface area contributed by atoms with Gasteiger partial charge in [-0.3, -0.25) is 9.59 Å². The Morgan fingerprint density at radius 2 is 2.05 bits per heavy atom. The molecule has 0 fully saturated rings. The minimum Gasteiger partial charge on any atom is -0.477 e. The van der Waals surface area contributed by atoms with Gasteiger partial charge in [0, 0.05) is 25.7 Å². The number of aryl methyl sites for hydroxylation is 2. The molecule has 7 nitrogen and oxygen atoms in total. The second-order valence-corrected chi connectivity index (χ2v) is 4.74. The molecule has 1 aromatic heterocycles. The Morgan fingerprint density at radius 1 is 1.36 bits per heavy atom. The summed E-state index contributed by atoms with van der Waals surface area (Å²) in [6, 6.07) is 1.77. The average Bonchev–Trinajstić information content (AvgIpc) is 2.42. The number of aromatic nitrogens is 1. The summed E-state index contributed by atoms with van der Waals surface area (Å²) in [7, 11) is 1.41. The van der Waals surface area contributed by atoms with Crippen molar-refractivity contribution in [2.75, 3.05) is 19.0 Å². The van der Waals surface area contributed by atoms with Crippen molar-refractivity contribution in [2.45, 2.75) is 34.2 Å². The Kier molecular flexibility index (Phi) is 6.49. The van der Waals surface area contributed by atoms with Crippen LogP contribution < -0.4 is 10.6 Å². The van der Waals surface area contributed by atoms with Crippen LogP contribution >= 0.6 is 0 Å². The lowest BCUT2D eigenvalue weighted by Crippen LogP contribution is -2.32. The zero-order valence-electron chi connectivity index (χ0n) is 13.6. The fourth-order valence-corrected chi connectivity index (χ4v) is 1.99. The summed E-state index contributed by atoms with van der Waals surface area (Å²) in [4.78, 5) is 31.3. The van der Waals surface area contributed by atoms with E-state index < -0.39 is 0 Å². The van der Waals surface area contributed by atoms with Gasteiger partial charge in [0.25, 0.3) is 5.90 Å². The van der Waals surface area contributed by atoms with Gasteiger partial charge in [0.2, 0.25) is 5.91 Å². The van der Waals surface area contributed by atoms with Crippen molar-refractivity contribution in [3.05, 3.63) is 22.9 Å². The molecule has 22 heavy (non-hydrogen) atoms. The van der Waals surface area contributed by atoms with Gasteiger partial charge in [-0.1, -0.05) is 0 Å². The van der Waals surface area contributed by atoms with Crippen molar-refractivity contribution < 1.29 is 14.3 Å². The Hall–Kier alpha value is -2.44. The summed E-state index contributed by atoms with van der Waals surface area (Å²) in [5.41, 5.74) is 2.58. The van der Waals surface area contributed by atoms with E-state index in [9.17, 15) is 9.59 Å². The van der Waals surface area contributed by atoms with Crippen molar-refractivity contribution in [3.8, 4) is 0 Å². The van der Waals surface area contributed by atoms with E-state index in [1.165, 1.54) is 14.0 Å². The molecule has 0 saturated carbocycles. The third-order valence-corrected chi connectivity index (χ3v) is 2.97. The molecule has 0 saturated heterocycles. The molecule has 0 aliphatic rings. The van der Waals surface area contributed by atoms with E-state index in [4.69, 9.17) is 4.74 Å². The highest BCUT2D eigenvalue weighted by atomic mass is 16.5. The predicted octanol–water partition coefficient (Wildman–Crippen LogP) is 1.34. The number of pyridine rings is 1. The first-order valence-electron chi connectivity index (χ1n) is 7.00. The highest BCUT2D eigenvalue weighted by molar-refractivity contribution is 6.35. The van der Waals surface area contributed by atoms with E-state index in [0.717, 1.165) is 16.8 Å². The van der Waals surface area contributed by atoms with Gasteiger partial charge >= 0.3 is 5.91 Å². The number of rotatable bonds is 4. The van der Waals surface area contributed by atoms with Crippen LogP contribution in [-0.4, -0.2) is 36.4 Å². The minimum atomic E-state index is -0.367. The summed E-state index contributed by atoms with van der Waals surface area (Å²) in [5, 5.41) is 5.40. The standard InChI is InChI=1S/C15H22N4O3/c1-6-16-15(22-5)14(21)17-8-12-9(2)7-13(18-10(12)3)19-11(4)20/h7H,6,8H2,1-5H3,(H,17,21)(H,18,19,20). The zero-order chi connectivity index (χ0) is 16.7. The van der Waals surface area contributed by atoms with Crippen LogP contribution in [0.1, 0.15) is 30.7 Å². The first kappa shape index (κ1) is 17.6. The molecule has 120 valence electrons. The van der Waals surface area contributed by atoms with Crippen molar-refractivity contribution in [1.29, 1.82) is 0 Å². The summed E-state index contributed by atoms with van der Waals surface area (Å²) in [6.07, 6.45) is 0. The third-order valence-electron chi connectivity index (χ3n) is 2.97. The second-order valence-electron chi connectivity index (χ2n) is 4.74. The van der Waals surface area contributed by atoms with Crippen LogP contribution in [0, 0.1) is 13.8 Å². The minimum absolute atomic E-state index is 0.0561. The first-order valence-corrected chi connectivity index (χ1v) is 7.00. The number of nitrogens with zero attached hydrogens (tertiary/aromatic N) is 2. The molecule has 2 amide bonds. The molecule has 2 N–H and O–H groups in total. The Bertz CT molecular complexity index is 573. The fraction of sp³-hybridized carbons (Fsp3) is 0.467. The number of carbonyl (C=O) groups is 2. The van der Waals surface area contributed by atoms with E-state index in [1.54, 1.807) is 6.07 Å². The maximum Gasteiger partial charge on any atom is 0.306 e. The summed E-state index contributed by atoms with van der Waals surface area (Å²) in [6.45, 7) is 7.78. The molecule has 0 atom stereocenters. The smallest absolute Gasteiger partial charge is 0.306 e. The van der Waals surface area contributed by atoms with Gasteiger partial charge in [0.05, 0.1) is 7.11 Å². The summed E-state index contributed by atoms with van der Waals surface area (Å²) < 4.78 is 4.94. The summed E-state index contributed by atoms with van der Waals surface area (Å²) in [5.74, 6) is 0.0188. The Balaban J connectivity index is 2.84. The fourth-order valence-electron chi connectivity index (χ4n) is 1.99. The third kappa shape index (κ3) is 4.83. The van der Waals surface area contributed by atoms with Crippen LogP contribution in [0.4, 0.5) is 5.82 Å². The number of nitrogens with one attached hydrogen (secondary N) is 2. The molecule has 0 aliphatic heterocycles. The van der Waals surface area contributed by atoms with Crippen LogP contribution in [0.3, 0.4) is 0 Å². The number of methoxy groups -OCH3 is 1. The number of hydrogen-bond donors (Lipinski definition) is 2. The van der Waals surface area contributed by atoms with E-state index in [2.05, 4.69) is 20.6 Å². The van der Waals surface area contributed by atoms with Crippen LogP contribution in [0.2, 0.25) is 0 Å². The molecule has 7 heteroatoms. The number of carbonyl (C=O) groups excluding carboxylic acids is 2. The Morgan fingerprint density at radius 3 is 2.55 bits per heavy atom. The Labute approximate surface area is 130 Å². The van der Waals surface area contributed by atoms with Gasteiger partial charge in [0.15, 0.2) is 0 Å². The molecule has 1 rings (SSSR count). The molecule has 0 aromatic carbocycles. The normalized spacial score (nSPS) is 11.0. The van der Waals surface area contributed by atoms with Gasteiger partial charge < -0.3 is 15.4 Å². The second kappa shape index (κ2) is 8.11. The molecule has 0 radical (unpaired) electrons. The quantitative estimate of drug-likeness (QED) is 0.648. The SMILES string of the molecule is CCN=C(OC)C(=O)NCc1c(C)cc(NC(C)=O)nc1C. The van der Waals surface area contributed by atoms with Gasteiger partial charge in [-0.05, 0) is 38.0 Å². The van der Waals surface area contributed by atoms with Gasteiger partial charge in [-0.15, -0.1) is 0 Å². The molecular weight excluding hydrogens is 284 g/mol. The molecule has 0 unspecified atom stereocenters. The predicted molar refractivity (Wildman–Crippen MR) is 84.8 cm³/mol. The summed E-state index contributed by atoms with van der Waals surface area (Å²) >= 11 is 0. The zero-order valence-corrected chi connectivity index (χ0v) is 13.6. The molecule has 1 aromatic rings. The van der Waals surface area contributed by atoms with Crippen molar-refractivity contribution in [2.24, 2.45) is 4.99 Å². The van der Waals surface area contributed by atoms with Crippen LogP contribution in [0.25, 0.3) is 0 Å². The van der Waals surface area contributed by atoms with Crippen molar-refractivity contribution >= 4 is 23.5 Å². The lowest BCUT2D eigenvalue weighted by atomic mass is 10.1. The topological polar surface area (TPSA) is 92.7 Å². The molecule has 0 bridgehead atoms. The van der Waals surface area contributed by atoms with Crippen molar-refractivity contribution in [3.63, 3.8) is 0 Å². The van der Waals surface area contributed by atoms with Gasteiger partial charge in [-0.25, -0.2) is 9.98 Å². The molecule has 0 spiro atoms. The number of amides is 2. The van der Waals surface area contributed by atoms with Gasteiger partial charge in [0.1, 0.15) is 5.82 Å². The lowest BCUT2D eigenvalue weighted by Gasteiger charge is -2.13. The highest BCUT2D eigenvalue weighted by Gasteiger charge is 2.13. The number of hydrogen-bond acceptors (Lipinski definition) is 5. The van der Waals surface area contributed by atoms with Crippen molar-refractivity contribution in [1.82, 2.24) is 10.3 Å². The molecule has 0 aliphatic carbocycles. The maximum atomic E-state index is 11.9. The van der Waals surface area contributed by atoms with E-state index in [1.807, 2.05) is 20.8 Å². The monoisotopic (exact) mass is 306 g/mol. The van der Waals surface area contributed by atoms with E-state index in [-0.39, 0.29) is 17.7 Å². The number of aliphatic imine (C=N–C) groups is 1. The first-order chi connectivity index (χ1) is 10.4. The van der Waals surface area contributed by atoms with Gasteiger partial charge in [-0.2, -0.15) is 0 Å². The molecule has 1 heterocycles. The lowest BCUT2D eigenvalue weighted by molar-refractivity contribution is -0.116. The largest absolute Gasteiger partial charge is 0.477 e. The van der Waals surface area contributed by atoms with E-state index in [0.29, 0.717) is 18.9 Å². The van der Waals surface area contributed by atoms with E-state index >= 15 is 0 Å². The molecular formula is C15H22N4O3. The van der Waals surface area contributed by atoms with Crippen LogP contribution in [0.15, 0.2) is 11.1 Å². The van der Waals surface area contributed by atoms with Crippen LogP contribution in [-0.2, 0) is 20.9 Å². The van der Waals surface area contributed by atoms with Crippen LogP contribution in [0.5, 0.6) is 0 Å². The maximum absolute atomic E-state index is 11.9. The average molecular weight is 306 g/mol. The number of anilines is 1.